The van der Waals surface area contributed by atoms with Gasteiger partial charge in [-0.25, -0.2) is 0 Å². The number of hydrogen-bond donors (Lipinski definition) is 1. The predicted octanol–water partition coefficient (Wildman–Crippen LogP) is 2.67. The number of aromatic nitrogens is 2. The molecule has 7 heteroatoms. The third-order valence-electron chi connectivity index (χ3n) is 3.62. The summed E-state index contributed by atoms with van der Waals surface area (Å²) in [4.78, 5) is 28.1. The second kappa shape index (κ2) is 4.71. The second-order valence-corrected chi connectivity index (χ2v) is 5.58. The molecule has 1 fully saturated rings. The van der Waals surface area contributed by atoms with Gasteiger partial charge in [0.2, 0.25) is 5.91 Å². The van der Waals surface area contributed by atoms with Crippen molar-refractivity contribution in [3.05, 3.63) is 28.0 Å². The van der Waals surface area contributed by atoms with E-state index in [-0.39, 0.29) is 11.8 Å². The second-order valence-electron chi connectivity index (χ2n) is 4.78. The zero-order valence-electron chi connectivity index (χ0n) is 10.7. The molecule has 20 heavy (non-hydrogen) atoms. The van der Waals surface area contributed by atoms with Crippen LogP contribution >= 0.6 is 23.8 Å². The standard InChI is InChI=1S/C13H12ClN3O2S/c1-16-10(18)6-5-9(12(16)19)17-11-7(14)3-2-4-8(11)15-13(17)20/h2-4,9H,5-6H2,1H3,(H,15,20). The van der Waals surface area contributed by atoms with E-state index in [0.29, 0.717) is 28.2 Å². The third kappa shape index (κ3) is 1.87. The van der Waals surface area contributed by atoms with Gasteiger partial charge in [0, 0.05) is 13.5 Å². The normalized spacial score (nSPS) is 19.9. The molecule has 3 rings (SSSR count). The van der Waals surface area contributed by atoms with Gasteiger partial charge in [-0.1, -0.05) is 17.7 Å². The maximum Gasteiger partial charge on any atom is 0.252 e. The fraction of sp³-hybridized carbons (Fsp3) is 0.308. The van der Waals surface area contributed by atoms with Crippen LogP contribution in [0.5, 0.6) is 0 Å². The van der Waals surface area contributed by atoms with Gasteiger partial charge in [-0.15, -0.1) is 0 Å². The first-order chi connectivity index (χ1) is 9.50. The van der Waals surface area contributed by atoms with Crippen molar-refractivity contribution in [1.29, 1.82) is 0 Å². The Morgan fingerprint density at radius 2 is 2.15 bits per heavy atom. The number of carbonyl (C=O) groups excluding carboxylic acids is 2. The van der Waals surface area contributed by atoms with Gasteiger partial charge in [-0.05, 0) is 30.8 Å². The van der Waals surface area contributed by atoms with E-state index in [1.807, 2.05) is 12.1 Å². The quantitative estimate of drug-likeness (QED) is 0.651. The average molecular weight is 310 g/mol. The molecule has 0 saturated carbocycles. The average Bonchev–Trinajstić information content (AvgIpc) is 2.74. The summed E-state index contributed by atoms with van der Waals surface area (Å²) in [6.45, 7) is 0. The van der Waals surface area contributed by atoms with Gasteiger partial charge in [0.15, 0.2) is 4.77 Å². The number of para-hydroxylation sites is 1. The van der Waals surface area contributed by atoms with Gasteiger partial charge in [-0.3, -0.25) is 14.5 Å². The summed E-state index contributed by atoms with van der Waals surface area (Å²) in [5.41, 5.74) is 1.50. The highest BCUT2D eigenvalue weighted by Gasteiger charge is 2.34. The molecule has 104 valence electrons. The summed E-state index contributed by atoms with van der Waals surface area (Å²) >= 11 is 11.5. The molecule has 1 unspecified atom stereocenters. The Morgan fingerprint density at radius 1 is 1.40 bits per heavy atom. The maximum absolute atomic E-state index is 12.3. The topological polar surface area (TPSA) is 58.1 Å². The van der Waals surface area contributed by atoms with Crippen LogP contribution < -0.4 is 0 Å². The van der Waals surface area contributed by atoms with E-state index < -0.39 is 6.04 Å². The lowest BCUT2D eigenvalue weighted by atomic mass is 10.0. The van der Waals surface area contributed by atoms with Crippen LogP contribution in [-0.2, 0) is 9.59 Å². The Bertz CT molecular complexity index is 780. The van der Waals surface area contributed by atoms with Crippen LogP contribution in [0.2, 0.25) is 5.02 Å². The van der Waals surface area contributed by atoms with Gasteiger partial charge in [0.05, 0.1) is 16.1 Å². The van der Waals surface area contributed by atoms with E-state index in [2.05, 4.69) is 4.98 Å². The van der Waals surface area contributed by atoms with Crippen molar-refractivity contribution in [1.82, 2.24) is 14.5 Å². The first kappa shape index (κ1) is 13.3. The Labute approximate surface area is 125 Å². The van der Waals surface area contributed by atoms with E-state index in [9.17, 15) is 9.59 Å². The third-order valence-corrected chi connectivity index (χ3v) is 4.22. The molecule has 0 bridgehead atoms. The lowest BCUT2D eigenvalue weighted by Crippen LogP contribution is -2.43. The molecule has 1 N–H and O–H groups in total. The number of aromatic amines is 1. The van der Waals surface area contributed by atoms with Crippen molar-refractivity contribution in [2.45, 2.75) is 18.9 Å². The molecule has 1 aromatic carbocycles. The number of likely N-dealkylation sites (N-methyl/N-ethyl adjacent to an activating group) is 1. The monoisotopic (exact) mass is 309 g/mol. The number of halogens is 1. The molecule has 5 nitrogen and oxygen atoms in total. The molecule has 1 atom stereocenters. The number of piperidine rings is 1. The molecular weight excluding hydrogens is 298 g/mol. The molecule has 2 amide bonds. The highest BCUT2D eigenvalue weighted by atomic mass is 35.5. The molecule has 1 aliphatic rings. The first-order valence-corrected chi connectivity index (χ1v) is 6.98. The van der Waals surface area contributed by atoms with Crippen molar-refractivity contribution >= 4 is 46.7 Å². The summed E-state index contributed by atoms with van der Waals surface area (Å²) in [6.07, 6.45) is 0.764. The van der Waals surface area contributed by atoms with Crippen LogP contribution in [0.1, 0.15) is 18.9 Å². The number of amides is 2. The molecule has 0 aliphatic carbocycles. The smallest absolute Gasteiger partial charge is 0.252 e. The largest absolute Gasteiger partial charge is 0.331 e. The molecule has 0 radical (unpaired) electrons. The first-order valence-electron chi connectivity index (χ1n) is 6.20. The van der Waals surface area contributed by atoms with E-state index in [1.54, 1.807) is 10.6 Å². The number of hydrogen-bond acceptors (Lipinski definition) is 3. The van der Waals surface area contributed by atoms with E-state index in [4.69, 9.17) is 23.8 Å². The number of H-pyrrole nitrogens is 1. The van der Waals surface area contributed by atoms with Crippen molar-refractivity contribution in [3.63, 3.8) is 0 Å². The molecule has 0 spiro atoms. The van der Waals surface area contributed by atoms with E-state index in [0.717, 1.165) is 10.4 Å². The number of benzene rings is 1. The lowest BCUT2D eigenvalue weighted by Gasteiger charge is -2.28. The minimum atomic E-state index is -0.487. The van der Waals surface area contributed by atoms with Crippen molar-refractivity contribution in [3.8, 4) is 0 Å². The number of likely N-dealkylation sites (tertiary alicyclic amines) is 1. The fourth-order valence-corrected chi connectivity index (χ4v) is 3.17. The highest BCUT2D eigenvalue weighted by molar-refractivity contribution is 7.71. The van der Waals surface area contributed by atoms with Crippen molar-refractivity contribution in [2.24, 2.45) is 0 Å². The zero-order chi connectivity index (χ0) is 14.4. The fourth-order valence-electron chi connectivity index (χ4n) is 2.57. The Kier molecular flexibility index (Phi) is 3.14. The van der Waals surface area contributed by atoms with E-state index >= 15 is 0 Å². The van der Waals surface area contributed by atoms with Gasteiger partial charge in [-0.2, -0.15) is 0 Å². The zero-order valence-corrected chi connectivity index (χ0v) is 12.3. The van der Waals surface area contributed by atoms with Gasteiger partial charge in [0.25, 0.3) is 5.91 Å². The predicted molar refractivity (Wildman–Crippen MR) is 78.2 cm³/mol. The molecular formula is C13H12ClN3O2S. The number of carbonyl (C=O) groups is 2. The summed E-state index contributed by atoms with van der Waals surface area (Å²) in [5, 5.41) is 0.530. The molecule has 1 saturated heterocycles. The number of nitrogens with one attached hydrogen (secondary N) is 1. The SMILES string of the molecule is CN1C(=O)CCC(n2c(=S)[nH]c3cccc(Cl)c32)C1=O. The van der Waals surface area contributed by atoms with Gasteiger partial charge in [0.1, 0.15) is 6.04 Å². The van der Waals surface area contributed by atoms with Gasteiger partial charge < -0.3 is 9.55 Å². The lowest BCUT2D eigenvalue weighted by molar-refractivity contribution is -0.149. The number of rotatable bonds is 1. The van der Waals surface area contributed by atoms with Crippen molar-refractivity contribution in [2.75, 3.05) is 7.05 Å². The van der Waals surface area contributed by atoms with Crippen LogP contribution in [0.4, 0.5) is 0 Å². The summed E-state index contributed by atoms with van der Waals surface area (Å²) in [7, 11) is 1.50. The van der Waals surface area contributed by atoms with Gasteiger partial charge >= 0.3 is 0 Å². The Morgan fingerprint density at radius 3 is 2.90 bits per heavy atom. The maximum atomic E-state index is 12.3. The molecule has 2 aromatic rings. The molecule has 1 aromatic heterocycles. The van der Waals surface area contributed by atoms with Crippen LogP contribution in [-0.4, -0.2) is 33.3 Å². The molecule has 1 aliphatic heterocycles. The van der Waals surface area contributed by atoms with Crippen molar-refractivity contribution < 1.29 is 9.59 Å². The number of nitrogens with zero attached hydrogens (tertiary/aromatic N) is 2. The minimum Gasteiger partial charge on any atom is -0.331 e. The number of imidazole rings is 1. The Hall–Kier alpha value is -1.66. The minimum absolute atomic E-state index is 0.163. The van der Waals surface area contributed by atoms with Crippen LogP contribution in [0.25, 0.3) is 11.0 Å². The van der Waals surface area contributed by atoms with E-state index in [1.165, 1.54) is 7.05 Å². The van der Waals surface area contributed by atoms with Crippen LogP contribution in [0.15, 0.2) is 18.2 Å². The Balaban J connectivity index is 2.20. The summed E-state index contributed by atoms with van der Waals surface area (Å²) in [5.74, 6) is -0.415. The van der Waals surface area contributed by atoms with Crippen LogP contribution in [0.3, 0.4) is 0 Å². The summed E-state index contributed by atoms with van der Waals surface area (Å²) in [6, 6.07) is 4.94. The highest BCUT2D eigenvalue weighted by Crippen LogP contribution is 2.31. The van der Waals surface area contributed by atoms with Crippen LogP contribution in [0, 0.1) is 4.77 Å². The number of imide groups is 1. The summed E-state index contributed by atoms with van der Waals surface area (Å²) < 4.78 is 2.16. The number of fused-ring (bicyclic) bond motifs is 1. The molecule has 2 heterocycles.